The summed E-state index contributed by atoms with van der Waals surface area (Å²) < 4.78 is 8.78. The second-order valence-electron chi connectivity index (χ2n) is 12.3. The molecule has 6 heteroatoms. The van der Waals surface area contributed by atoms with Crippen molar-refractivity contribution in [1.82, 2.24) is 14.5 Å². The van der Waals surface area contributed by atoms with Crippen LogP contribution >= 0.6 is 0 Å². The zero-order valence-electron chi connectivity index (χ0n) is 24.7. The first-order valence-corrected chi connectivity index (χ1v) is 14.5. The fourth-order valence-corrected chi connectivity index (χ4v) is 5.91. The van der Waals surface area contributed by atoms with Crippen LogP contribution in [0.1, 0.15) is 40.2 Å². The minimum absolute atomic E-state index is 0.0221. The molecule has 1 aliphatic heterocycles. The van der Waals surface area contributed by atoms with Gasteiger partial charge in [-0.3, -0.25) is 9.55 Å². The van der Waals surface area contributed by atoms with Crippen molar-refractivity contribution < 1.29 is 4.74 Å². The zero-order valence-corrected chi connectivity index (χ0v) is 24.7. The Morgan fingerprint density at radius 1 is 0.762 bits per heavy atom. The number of ether oxygens (including phenoxy) is 1. The number of para-hydroxylation sites is 1. The maximum atomic E-state index is 6.53. The summed E-state index contributed by atoms with van der Waals surface area (Å²) in [5.41, 5.74) is 6.86. The average molecular weight is 554 g/mol. The van der Waals surface area contributed by atoms with E-state index in [0.717, 1.165) is 52.1 Å². The second kappa shape index (κ2) is 9.91. The molecule has 3 aromatic heterocycles. The number of hydrogen-bond donors (Lipinski definition) is 0. The van der Waals surface area contributed by atoms with Gasteiger partial charge in [0.05, 0.1) is 35.3 Å². The molecule has 0 atom stereocenters. The molecule has 6 nitrogen and oxygen atoms in total. The van der Waals surface area contributed by atoms with Crippen LogP contribution in [0, 0.1) is 0 Å². The Labute approximate surface area is 246 Å². The Hall–Kier alpha value is -4.84. The van der Waals surface area contributed by atoms with Gasteiger partial charge in [0.15, 0.2) is 0 Å². The van der Waals surface area contributed by atoms with E-state index >= 15 is 0 Å². The summed E-state index contributed by atoms with van der Waals surface area (Å²) in [6, 6.07) is 29.9. The van der Waals surface area contributed by atoms with Crippen LogP contribution in [0.4, 0.5) is 17.1 Å². The van der Waals surface area contributed by atoms with Gasteiger partial charge in [-0.25, -0.2) is 4.98 Å². The predicted octanol–water partition coefficient (Wildman–Crippen LogP) is 8.99. The lowest BCUT2D eigenvalue weighted by atomic mass is 9.88. The molecule has 210 valence electrons. The highest BCUT2D eigenvalue weighted by molar-refractivity contribution is 6.09. The van der Waals surface area contributed by atoms with Gasteiger partial charge in [-0.05, 0) is 73.4 Å². The molecule has 0 N–H and O–H groups in total. The van der Waals surface area contributed by atoms with E-state index in [2.05, 4.69) is 133 Å². The molecule has 42 heavy (non-hydrogen) atoms. The molecular formula is C36H35N5O. The van der Waals surface area contributed by atoms with Gasteiger partial charge in [-0.1, -0.05) is 45.0 Å². The lowest BCUT2D eigenvalue weighted by molar-refractivity contribution is 0.483. The quantitative estimate of drug-likeness (QED) is 0.213. The highest BCUT2D eigenvalue weighted by atomic mass is 16.5. The summed E-state index contributed by atoms with van der Waals surface area (Å²) in [6.07, 6.45) is 5.72. The number of hydrogen-bond acceptors (Lipinski definition) is 5. The molecule has 4 heterocycles. The van der Waals surface area contributed by atoms with Crippen molar-refractivity contribution in [3.05, 3.63) is 109 Å². The Morgan fingerprint density at radius 3 is 2.40 bits per heavy atom. The predicted molar refractivity (Wildman–Crippen MR) is 173 cm³/mol. The molecule has 7 rings (SSSR count). The van der Waals surface area contributed by atoms with Crippen molar-refractivity contribution in [1.29, 1.82) is 0 Å². The minimum atomic E-state index is 0.0221. The summed E-state index contributed by atoms with van der Waals surface area (Å²) in [5.74, 6) is 2.48. The van der Waals surface area contributed by atoms with E-state index in [1.807, 2.05) is 24.7 Å². The highest BCUT2D eigenvalue weighted by Gasteiger charge is 2.28. The minimum Gasteiger partial charge on any atom is -0.457 e. The lowest BCUT2D eigenvalue weighted by Gasteiger charge is -2.25. The number of nitrogens with zero attached hydrogens (tertiary/aromatic N) is 5. The van der Waals surface area contributed by atoms with Crippen molar-refractivity contribution >= 4 is 38.9 Å². The first kappa shape index (κ1) is 26.1. The second-order valence-corrected chi connectivity index (χ2v) is 12.3. The third-order valence-corrected chi connectivity index (χ3v) is 8.15. The van der Waals surface area contributed by atoms with Crippen LogP contribution in [-0.2, 0) is 5.41 Å². The van der Waals surface area contributed by atoms with Gasteiger partial charge in [0, 0.05) is 47.0 Å². The van der Waals surface area contributed by atoms with Crippen LogP contribution in [0.25, 0.3) is 27.6 Å². The van der Waals surface area contributed by atoms with Gasteiger partial charge < -0.3 is 14.5 Å². The van der Waals surface area contributed by atoms with Gasteiger partial charge in [0.1, 0.15) is 17.3 Å². The number of benzene rings is 3. The number of aromatic nitrogens is 3. The fourth-order valence-electron chi connectivity index (χ4n) is 5.91. The average Bonchev–Trinajstić information content (AvgIpc) is 3.53. The van der Waals surface area contributed by atoms with Gasteiger partial charge in [0.2, 0.25) is 0 Å². The van der Waals surface area contributed by atoms with Crippen LogP contribution in [0.15, 0.2) is 104 Å². The topological polar surface area (TPSA) is 46.4 Å². The largest absolute Gasteiger partial charge is 0.457 e. The Balaban J connectivity index is 1.28. The number of rotatable bonds is 5. The molecule has 0 unspecified atom stereocenters. The summed E-state index contributed by atoms with van der Waals surface area (Å²) >= 11 is 0. The maximum absolute atomic E-state index is 6.53. The number of anilines is 3. The van der Waals surface area contributed by atoms with Crippen molar-refractivity contribution in [3.8, 4) is 17.3 Å². The summed E-state index contributed by atoms with van der Waals surface area (Å²) in [6.45, 7) is 11.9. The molecule has 0 saturated heterocycles. The summed E-state index contributed by atoms with van der Waals surface area (Å²) in [5, 5.41) is 2.37. The van der Waals surface area contributed by atoms with Crippen molar-refractivity contribution in [2.24, 2.45) is 0 Å². The number of fused-ring (bicyclic) bond motifs is 4. The zero-order chi connectivity index (χ0) is 29.0. The normalized spacial score (nSPS) is 13.4. The molecule has 0 fully saturated rings. The molecule has 0 spiro atoms. The lowest BCUT2D eigenvalue weighted by Crippen LogP contribution is -2.33. The first-order chi connectivity index (χ1) is 20.3. The van der Waals surface area contributed by atoms with Gasteiger partial charge in [0.25, 0.3) is 0 Å². The van der Waals surface area contributed by atoms with Crippen molar-refractivity contribution in [2.45, 2.75) is 46.1 Å². The molecule has 0 aliphatic carbocycles. The van der Waals surface area contributed by atoms with Crippen molar-refractivity contribution in [2.75, 3.05) is 16.5 Å². The first-order valence-electron chi connectivity index (χ1n) is 14.5. The number of pyridine rings is 2. The standard InChI is InChI=1S/C36H35N5O/c1-24(2)39-23-40(32-16-17-37-22-34(32)39)26-9-8-10-27(20-26)42-28-13-14-30-29-11-6-7-12-31(29)41(33(30)21-28)35-19-25(15-18-38-35)36(3,4)5/h6-22,24H,23H2,1-5H3. The molecule has 0 saturated carbocycles. The molecule has 0 bridgehead atoms. The van der Waals surface area contributed by atoms with E-state index in [1.165, 1.54) is 16.3 Å². The highest BCUT2D eigenvalue weighted by Crippen LogP contribution is 2.42. The van der Waals surface area contributed by atoms with E-state index < -0.39 is 0 Å². The molecule has 0 radical (unpaired) electrons. The summed E-state index contributed by atoms with van der Waals surface area (Å²) in [7, 11) is 0. The van der Waals surface area contributed by atoms with E-state index in [0.29, 0.717) is 6.04 Å². The smallest absolute Gasteiger partial charge is 0.137 e. The molecule has 0 amide bonds. The molecule has 3 aromatic carbocycles. The monoisotopic (exact) mass is 553 g/mol. The van der Waals surface area contributed by atoms with Crippen LogP contribution in [-0.4, -0.2) is 27.2 Å². The van der Waals surface area contributed by atoms with Crippen LogP contribution in [0.2, 0.25) is 0 Å². The van der Waals surface area contributed by atoms with Crippen molar-refractivity contribution in [3.63, 3.8) is 0 Å². The van der Waals surface area contributed by atoms with Crippen LogP contribution < -0.4 is 14.5 Å². The Kier molecular flexibility index (Phi) is 6.15. The summed E-state index contributed by atoms with van der Waals surface area (Å²) in [4.78, 5) is 13.9. The third kappa shape index (κ3) is 4.44. The van der Waals surface area contributed by atoms with Crippen LogP contribution in [0.3, 0.4) is 0 Å². The molecular weight excluding hydrogens is 518 g/mol. The third-order valence-electron chi connectivity index (χ3n) is 8.15. The Morgan fingerprint density at radius 2 is 1.57 bits per heavy atom. The molecule has 1 aliphatic rings. The Bertz CT molecular complexity index is 1930. The van der Waals surface area contributed by atoms with Gasteiger partial charge in [-0.15, -0.1) is 0 Å². The van der Waals surface area contributed by atoms with E-state index in [4.69, 9.17) is 9.72 Å². The van der Waals surface area contributed by atoms with E-state index in [-0.39, 0.29) is 5.41 Å². The van der Waals surface area contributed by atoms with E-state index in [9.17, 15) is 0 Å². The fraction of sp³-hybridized carbons (Fsp3) is 0.222. The SMILES string of the molecule is CC(C)N1CN(c2cccc(Oc3ccc4c5ccccc5n(-c5cc(C(C)(C)C)ccn5)c4c3)c2)c2ccncc21. The maximum Gasteiger partial charge on any atom is 0.137 e. The van der Waals surface area contributed by atoms with Crippen LogP contribution in [0.5, 0.6) is 11.5 Å². The van der Waals surface area contributed by atoms with Gasteiger partial charge >= 0.3 is 0 Å². The van der Waals surface area contributed by atoms with E-state index in [1.54, 1.807) is 0 Å². The molecule has 6 aromatic rings. The van der Waals surface area contributed by atoms with Gasteiger partial charge in [-0.2, -0.15) is 0 Å².